The van der Waals surface area contributed by atoms with Crippen LogP contribution >= 0.6 is 35.6 Å². The molecule has 0 aromatic heterocycles. The second kappa shape index (κ2) is 15.8. The number of halogens is 6. The van der Waals surface area contributed by atoms with Crippen molar-refractivity contribution in [3.8, 4) is 5.75 Å². The van der Waals surface area contributed by atoms with Gasteiger partial charge >= 0.3 is 12.2 Å². The van der Waals surface area contributed by atoms with E-state index in [2.05, 4.69) is 0 Å². The van der Waals surface area contributed by atoms with Crippen LogP contribution in [-0.2, 0) is 10.2 Å². The van der Waals surface area contributed by atoms with Crippen LogP contribution < -0.4 is 4.74 Å². The summed E-state index contributed by atoms with van der Waals surface area (Å²) >= 11 is 12.5. The molecule has 0 spiro atoms. The van der Waals surface area contributed by atoms with Crippen LogP contribution in [0, 0.1) is 0 Å². The van der Waals surface area contributed by atoms with Gasteiger partial charge in [0, 0.05) is 50.3 Å². The SMILES string of the molecule is CN(C)C(=O)CN1CCN(C(=O)N2C(c3ccc(C(C)(C)C)cc3OCC(F)(F)F)=N[C@@H](c3ccc(Cl)cc3)[C@H]2c2ccc(Cl)cc2)CC1.Cl. The number of urea groups is 1. The third-order valence-electron chi connectivity index (χ3n) is 8.68. The van der Waals surface area contributed by atoms with Crippen LogP contribution in [0.1, 0.15) is 55.1 Å². The Morgan fingerprint density at radius 3 is 1.96 bits per heavy atom. The third kappa shape index (κ3) is 9.23. The molecule has 1 saturated heterocycles. The molecule has 270 valence electrons. The van der Waals surface area contributed by atoms with Crippen LogP contribution in [0.4, 0.5) is 18.0 Å². The molecule has 3 aromatic rings. The van der Waals surface area contributed by atoms with E-state index in [9.17, 15) is 22.8 Å². The smallest absolute Gasteiger partial charge is 0.422 e. The van der Waals surface area contributed by atoms with Gasteiger partial charge in [0.15, 0.2) is 6.61 Å². The molecule has 2 aliphatic heterocycles. The van der Waals surface area contributed by atoms with E-state index in [4.69, 9.17) is 32.9 Å². The first-order chi connectivity index (χ1) is 23.0. The Hall–Kier alpha value is -3.51. The van der Waals surface area contributed by atoms with E-state index in [0.717, 1.165) is 16.7 Å². The number of hydrogen-bond donors (Lipinski definition) is 0. The van der Waals surface area contributed by atoms with Gasteiger partial charge in [-0.25, -0.2) is 4.79 Å². The molecular formula is C36H41Cl3F3N5O3. The van der Waals surface area contributed by atoms with Crippen molar-refractivity contribution in [3.63, 3.8) is 0 Å². The molecular weight excluding hydrogens is 714 g/mol. The molecule has 1 fully saturated rings. The summed E-state index contributed by atoms with van der Waals surface area (Å²) in [5.74, 6) is 0.125. The Morgan fingerprint density at radius 1 is 0.880 bits per heavy atom. The number of amides is 3. The van der Waals surface area contributed by atoms with E-state index < -0.39 is 30.3 Å². The second-order valence-electron chi connectivity index (χ2n) is 13.5. The summed E-state index contributed by atoms with van der Waals surface area (Å²) in [6.07, 6.45) is -4.59. The number of carbonyl (C=O) groups excluding carboxylic acids is 2. The molecule has 0 aliphatic carbocycles. The first-order valence-electron chi connectivity index (χ1n) is 16.0. The highest BCUT2D eigenvalue weighted by molar-refractivity contribution is 6.30. The number of ether oxygens (including phenoxy) is 1. The average Bonchev–Trinajstić information content (AvgIpc) is 3.44. The maximum atomic E-state index is 14.8. The molecule has 3 aromatic carbocycles. The topological polar surface area (TPSA) is 68.7 Å². The van der Waals surface area contributed by atoms with Crippen molar-refractivity contribution in [3.05, 3.63) is 99.0 Å². The van der Waals surface area contributed by atoms with Crippen LogP contribution in [-0.4, -0.2) is 97.0 Å². The lowest BCUT2D eigenvalue weighted by molar-refractivity contribution is -0.153. The minimum absolute atomic E-state index is 0. The Labute approximate surface area is 307 Å². The summed E-state index contributed by atoms with van der Waals surface area (Å²) in [5.41, 5.74) is 2.12. The number of benzene rings is 3. The Morgan fingerprint density at radius 2 is 1.44 bits per heavy atom. The van der Waals surface area contributed by atoms with Crippen molar-refractivity contribution in [2.24, 2.45) is 4.99 Å². The lowest BCUT2D eigenvalue weighted by atomic mass is 9.86. The van der Waals surface area contributed by atoms with Crippen LogP contribution in [0.25, 0.3) is 0 Å². The van der Waals surface area contributed by atoms with Gasteiger partial charge in [0.25, 0.3) is 0 Å². The van der Waals surface area contributed by atoms with E-state index in [-0.39, 0.29) is 48.0 Å². The predicted molar refractivity (Wildman–Crippen MR) is 193 cm³/mol. The molecule has 0 unspecified atom stereocenters. The normalized spacial score (nSPS) is 18.4. The molecule has 2 heterocycles. The number of alkyl halides is 3. The highest BCUT2D eigenvalue weighted by Crippen LogP contribution is 2.46. The summed E-state index contributed by atoms with van der Waals surface area (Å²) in [6, 6.07) is 17.6. The fourth-order valence-corrected chi connectivity index (χ4v) is 6.14. The summed E-state index contributed by atoms with van der Waals surface area (Å²) in [4.78, 5) is 39.0. The van der Waals surface area contributed by atoms with Gasteiger partial charge in [0.05, 0.1) is 18.2 Å². The zero-order valence-corrected chi connectivity index (χ0v) is 30.8. The van der Waals surface area contributed by atoms with Crippen LogP contribution in [0.3, 0.4) is 0 Å². The zero-order chi connectivity index (χ0) is 35.7. The Bertz CT molecular complexity index is 1690. The summed E-state index contributed by atoms with van der Waals surface area (Å²) in [6.45, 7) is 6.20. The first-order valence-corrected chi connectivity index (χ1v) is 16.7. The maximum Gasteiger partial charge on any atom is 0.422 e. The lowest BCUT2D eigenvalue weighted by Gasteiger charge is -2.39. The Balaban J connectivity index is 0.00000562. The minimum atomic E-state index is -4.59. The maximum absolute atomic E-state index is 14.8. The van der Waals surface area contributed by atoms with Crippen molar-refractivity contribution in [2.45, 2.75) is 44.4 Å². The zero-order valence-electron chi connectivity index (χ0n) is 28.5. The van der Waals surface area contributed by atoms with E-state index >= 15 is 0 Å². The van der Waals surface area contributed by atoms with Gasteiger partial charge in [0.1, 0.15) is 17.6 Å². The average molecular weight is 755 g/mol. The number of aliphatic imine (C=N–C) groups is 1. The fraction of sp³-hybridized carbons (Fsp3) is 0.417. The second-order valence-corrected chi connectivity index (χ2v) is 14.4. The number of nitrogens with zero attached hydrogens (tertiary/aromatic N) is 5. The van der Waals surface area contributed by atoms with Gasteiger partial charge in [-0.15, -0.1) is 12.4 Å². The molecule has 8 nitrogen and oxygen atoms in total. The summed E-state index contributed by atoms with van der Waals surface area (Å²) in [5, 5.41) is 1.03. The van der Waals surface area contributed by atoms with Gasteiger partial charge in [-0.1, -0.05) is 74.3 Å². The van der Waals surface area contributed by atoms with Crippen molar-refractivity contribution in [1.29, 1.82) is 0 Å². The minimum Gasteiger partial charge on any atom is -0.483 e. The van der Waals surface area contributed by atoms with E-state index in [1.54, 1.807) is 60.3 Å². The number of piperazine rings is 1. The van der Waals surface area contributed by atoms with E-state index in [0.29, 0.717) is 36.2 Å². The lowest BCUT2D eigenvalue weighted by Crippen LogP contribution is -2.55. The van der Waals surface area contributed by atoms with Crippen LogP contribution in [0.5, 0.6) is 5.75 Å². The molecule has 2 atom stereocenters. The van der Waals surface area contributed by atoms with E-state index in [1.165, 1.54) is 4.90 Å². The van der Waals surface area contributed by atoms with Crippen molar-refractivity contribution >= 4 is 53.4 Å². The molecule has 50 heavy (non-hydrogen) atoms. The van der Waals surface area contributed by atoms with Gasteiger partial charge in [-0.3, -0.25) is 19.6 Å². The number of carbonyl (C=O) groups is 2. The van der Waals surface area contributed by atoms with Crippen molar-refractivity contribution in [1.82, 2.24) is 19.6 Å². The Kier molecular flexibility index (Phi) is 12.4. The molecule has 3 amide bonds. The van der Waals surface area contributed by atoms with E-state index in [1.807, 2.05) is 56.0 Å². The molecule has 0 bridgehead atoms. The molecule has 0 radical (unpaired) electrons. The first kappa shape index (κ1) is 39.3. The highest BCUT2D eigenvalue weighted by atomic mass is 35.5. The quantitative estimate of drug-likeness (QED) is 0.245. The molecule has 0 N–H and O–H groups in total. The monoisotopic (exact) mass is 753 g/mol. The molecule has 2 aliphatic rings. The highest BCUT2D eigenvalue weighted by Gasteiger charge is 2.45. The van der Waals surface area contributed by atoms with Crippen molar-refractivity contribution < 1.29 is 27.5 Å². The largest absolute Gasteiger partial charge is 0.483 e. The standard InChI is InChI=1S/C36H40Cl2F3N5O3.ClH/c1-35(2,3)25-10-15-28(29(20-25)49-22-36(39,40)41)33-42-31(23-6-11-26(37)12-7-23)32(24-8-13-27(38)14-9-24)46(33)34(48)45-18-16-44(17-19-45)21-30(47)43(4)5;/h6-15,20,31-32H,16-19,21-22H2,1-5H3;1H/t31-,32+;/m0./s1. The summed E-state index contributed by atoms with van der Waals surface area (Å²) < 4.78 is 46.1. The number of hydrogen-bond acceptors (Lipinski definition) is 5. The van der Waals surface area contributed by atoms with Gasteiger partial charge in [-0.2, -0.15) is 13.2 Å². The predicted octanol–water partition coefficient (Wildman–Crippen LogP) is 8.02. The fourth-order valence-electron chi connectivity index (χ4n) is 5.89. The van der Waals surface area contributed by atoms with Crippen molar-refractivity contribution in [2.75, 3.05) is 53.4 Å². The van der Waals surface area contributed by atoms with Gasteiger partial charge in [-0.05, 0) is 58.5 Å². The summed E-state index contributed by atoms with van der Waals surface area (Å²) in [7, 11) is 3.40. The number of amidine groups is 1. The number of likely N-dealkylation sites (N-methyl/N-ethyl adjacent to an activating group) is 1. The van der Waals surface area contributed by atoms with Gasteiger partial charge < -0.3 is 14.5 Å². The third-order valence-corrected chi connectivity index (χ3v) is 9.18. The molecule has 0 saturated carbocycles. The molecule has 14 heteroatoms. The number of rotatable bonds is 7. The van der Waals surface area contributed by atoms with Crippen LogP contribution in [0.2, 0.25) is 10.0 Å². The van der Waals surface area contributed by atoms with Crippen LogP contribution in [0.15, 0.2) is 71.7 Å². The van der Waals surface area contributed by atoms with Gasteiger partial charge in [0.2, 0.25) is 5.91 Å². The molecule has 5 rings (SSSR count).